The molecular formula is C16H17ClN2O3. The van der Waals surface area contributed by atoms with Gasteiger partial charge < -0.3 is 9.15 Å². The molecule has 116 valence electrons. The lowest BCUT2D eigenvalue weighted by atomic mass is 9.95. The largest absolute Gasteiger partial charge is 0.464 e. The minimum atomic E-state index is -0.0741. The lowest BCUT2D eigenvalue weighted by Gasteiger charge is -2.32. The van der Waals surface area contributed by atoms with E-state index in [1.165, 1.54) is 0 Å². The molecule has 1 atom stereocenters. The van der Waals surface area contributed by atoms with Crippen molar-refractivity contribution in [1.82, 2.24) is 9.88 Å². The van der Waals surface area contributed by atoms with Gasteiger partial charge in [-0.3, -0.25) is 9.69 Å². The third kappa shape index (κ3) is 2.48. The molecule has 0 aliphatic carbocycles. The molecule has 1 aromatic heterocycles. The van der Waals surface area contributed by atoms with Crippen LogP contribution in [0, 0.1) is 0 Å². The van der Waals surface area contributed by atoms with Gasteiger partial charge in [0.15, 0.2) is 11.5 Å². The number of piperidine rings is 1. The van der Waals surface area contributed by atoms with Gasteiger partial charge in [-0.15, -0.1) is 0 Å². The summed E-state index contributed by atoms with van der Waals surface area (Å²) < 4.78 is 10.9. The number of cyclic esters (lactones) is 1. The van der Waals surface area contributed by atoms with Crippen molar-refractivity contribution < 1.29 is 13.9 Å². The number of benzene rings is 1. The van der Waals surface area contributed by atoms with E-state index in [1.807, 2.05) is 18.2 Å². The summed E-state index contributed by atoms with van der Waals surface area (Å²) in [7, 11) is 0. The van der Waals surface area contributed by atoms with Gasteiger partial charge in [0.25, 0.3) is 0 Å². The molecule has 2 aliphatic rings. The van der Waals surface area contributed by atoms with E-state index in [-0.39, 0.29) is 12.0 Å². The van der Waals surface area contributed by atoms with E-state index in [9.17, 15) is 4.79 Å². The maximum atomic E-state index is 11.7. The second-order valence-electron chi connectivity index (χ2n) is 5.95. The number of halogens is 1. The molecule has 6 heteroatoms. The van der Waals surface area contributed by atoms with E-state index in [1.54, 1.807) is 0 Å². The molecule has 1 unspecified atom stereocenters. The Morgan fingerprint density at radius 2 is 2.05 bits per heavy atom. The fraction of sp³-hybridized carbons (Fsp3) is 0.500. The Morgan fingerprint density at radius 3 is 2.77 bits per heavy atom. The maximum Gasteiger partial charge on any atom is 0.323 e. The van der Waals surface area contributed by atoms with Crippen LogP contribution in [0.2, 0.25) is 5.02 Å². The highest BCUT2D eigenvalue weighted by atomic mass is 35.5. The molecule has 4 rings (SSSR count). The second-order valence-corrected chi connectivity index (χ2v) is 6.38. The zero-order chi connectivity index (χ0) is 15.1. The number of carbonyl (C=O) groups is 1. The van der Waals surface area contributed by atoms with Gasteiger partial charge in [0.05, 0.1) is 6.61 Å². The first-order valence-corrected chi connectivity index (χ1v) is 8.05. The topological polar surface area (TPSA) is 55.6 Å². The molecule has 0 saturated carbocycles. The molecule has 0 radical (unpaired) electrons. The van der Waals surface area contributed by atoms with Crippen molar-refractivity contribution in [3.05, 3.63) is 29.1 Å². The average Bonchev–Trinajstić information content (AvgIpc) is 3.13. The number of aromatic nitrogens is 1. The minimum Gasteiger partial charge on any atom is -0.464 e. The van der Waals surface area contributed by atoms with Crippen molar-refractivity contribution in [3.8, 4) is 0 Å². The number of fused-ring (bicyclic) bond motifs is 1. The molecular weight excluding hydrogens is 304 g/mol. The number of esters is 1. The molecule has 1 aromatic carbocycles. The monoisotopic (exact) mass is 320 g/mol. The fourth-order valence-electron chi connectivity index (χ4n) is 3.37. The van der Waals surface area contributed by atoms with Gasteiger partial charge in [0, 0.05) is 17.4 Å². The predicted octanol–water partition coefficient (Wildman–Crippen LogP) is 2.98. The summed E-state index contributed by atoms with van der Waals surface area (Å²) in [4.78, 5) is 18.5. The standard InChI is InChI=1S/C16H17ClN2O3/c17-11-1-2-14-12(9-11)18-15(22-14)10-3-6-19(7-4-10)13-5-8-21-16(13)20/h1-2,9-10,13H,3-8H2. The van der Waals surface area contributed by atoms with Crippen LogP contribution in [-0.2, 0) is 9.53 Å². The van der Waals surface area contributed by atoms with Crippen LogP contribution in [0.3, 0.4) is 0 Å². The summed E-state index contributed by atoms with van der Waals surface area (Å²) >= 11 is 5.99. The van der Waals surface area contributed by atoms with Crippen LogP contribution in [0.15, 0.2) is 22.6 Å². The highest BCUT2D eigenvalue weighted by Crippen LogP contribution is 2.32. The molecule has 0 N–H and O–H groups in total. The molecule has 2 saturated heterocycles. The summed E-state index contributed by atoms with van der Waals surface area (Å²) in [5, 5.41) is 0.668. The first-order valence-electron chi connectivity index (χ1n) is 7.67. The van der Waals surface area contributed by atoms with E-state index in [0.29, 0.717) is 17.5 Å². The van der Waals surface area contributed by atoms with Crippen molar-refractivity contribution in [2.75, 3.05) is 19.7 Å². The molecule has 3 heterocycles. The van der Waals surface area contributed by atoms with Crippen LogP contribution in [0.4, 0.5) is 0 Å². The third-order valence-electron chi connectivity index (χ3n) is 4.59. The highest BCUT2D eigenvalue weighted by Gasteiger charge is 2.35. The maximum absolute atomic E-state index is 11.7. The SMILES string of the molecule is O=C1OCCC1N1CCC(c2nc3cc(Cl)ccc3o2)CC1. The van der Waals surface area contributed by atoms with Crippen molar-refractivity contribution in [2.45, 2.75) is 31.2 Å². The molecule has 2 aromatic rings. The van der Waals surface area contributed by atoms with Crippen molar-refractivity contribution in [1.29, 1.82) is 0 Å². The fourth-order valence-corrected chi connectivity index (χ4v) is 3.53. The predicted molar refractivity (Wildman–Crippen MR) is 81.9 cm³/mol. The number of hydrogen-bond acceptors (Lipinski definition) is 5. The Balaban J connectivity index is 1.47. The quantitative estimate of drug-likeness (QED) is 0.796. The summed E-state index contributed by atoms with van der Waals surface area (Å²) in [5.41, 5.74) is 1.59. The number of likely N-dealkylation sites (tertiary alicyclic amines) is 1. The van der Waals surface area contributed by atoms with E-state index in [4.69, 9.17) is 20.8 Å². The molecule has 2 aliphatic heterocycles. The van der Waals surface area contributed by atoms with Gasteiger partial charge >= 0.3 is 5.97 Å². The summed E-state index contributed by atoms with van der Waals surface area (Å²) in [6.45, 7) is 2.31. The van der Waals surface area contributed by atoms with Crippen molar-refractivity contribution >= 4 is 28.7 Å². The lowest BCUT2D eigenvalue weighted by molar-refractivity contribution is -0.142. The van der Waals surface area contributed by atoms with E-state index in [2.05, 4.69) is 9.88 Å². The zero-order valence-corrected chi connectivity index (χ0v) is 12.9. The molecule has 2 fully saturated rings. The summed E-state index contributed by atoms with van der Waals surface area (Å²) in [6, 6.07) is 5.45. The summed E-state index contributed by atoms with van der Waals surface area (Å²) in [5.74, 6) is 1.01. The van der Waals surface area contributed by atoms with Crippen LogP contribution < -0.4 is 0 Å². The van der Waals surface area contributed by atoms with Crippen LogP contribution in [0.25, 0.3) is 11.1 Å². The minimum absolute atomic E-state index is 0.0524. The normalized spacial score (nSPS) is 24.0. The van der Waals surface area contributed by atoms with Gasteiger partial charge in [-0.05, 0) is 44.1 Å². The molecule has 0 spiro atoms. The number of carbonyl (C=O) groups excluding carboxylic acids is 1. The van der Waals surface area contributed by atoms with Crippen LogP contribution in [0.1, 0.15) is 31.1 Å². The Hall–Kier alpha value is -1.59. The highest BCUT2D eigenvalue weighted by molar-refractivity contribution is 6.31. The average molecular weight is 321 g/mol. The number of rotatable bonds is 2. The van der Waals surface area contributed by atoms with Crippen LogP contribution >= 0.6 is 11.6 Å². The first kappa shape index (κ1) is 14.0. The Morgan fingerprint density at radius 1 is 1.23 bits per heavy atom. The van der Waals surface area contributed by atoms with Crippen molar-refractivity contribution in [2.24, 2.45) is 0 Å². The molecule has 0 bridgehead atoms. The van der Waals surface area contributed by atoms with Gasteiger partial charge in [-0.25, -0.2) is 4.98 Å². The first-order chi connectivity index (χ1) is 10.7. The summed E-state index contributed by atoms with van der Waals surface area (Å²) in [6.07, 6.45) is 2.71. The molecule has 0 amide bonds. The third-order valence-corrected chi connectivity index (χ3v) is 4.83. The van der Waals surface area contributed by atoms with Gasteiger partial charge in [0.1, 0.15) is 11.6 Å². The van der Waals surface area contributed by atoms with Crippen LogP contribution in [0.5, 0.6) is 0 Å². The Kier molecular flexibility index (Phi) is 3.54. The number of hydrogen-bond donors (Lipinski definition) is 0. The van der Waals surface area contributed by atoms with Crippen molar-refractivity contribution in [3.63, 3.8) is 0 Å². The lowest BCUT2D eigenvalue weighted by Crippen LogP contribution is -2.43. The zero-order valence-electron chi connectivity index (χ0n) is 12.1. The van der Waals surface area contributed by atoms with Gasteiger partial charge in [-0.2, -0.15) is 0 Å². The van der Waals surface area contributed by atoms with Gasteiger partial charge in [0.2, 0.25) is 0 Å². The number of ether oxygens (including phenoxy) is 1. The van der Waals surface area contributed by atoms with E-state index < -0.39 is 0 Å². The van der Waals surface area contributed by atoms with E-state index in [0.717, 1.165) is 49.3 Å². The smallest absolute Gasteiger partial charge is 0.323 e. The van der Waals surface area contributed by atoms with Gasteiger partial charge in [-0.1, -0.05) is 11.6 Å². The second kappa shape index (κ2) is 5.56. The number of nitrogens with zero attached hydrogens (tertiary/aromatic N) is 2. The Labute approximate surface area is 133 Å². The molecule has 5 nitrogen and oxygen atoms in total. The molecule has 22 heavy (non-hydrogen) atoms. The number of oxazole rings is 1. The Bertz CT molecular complexity index is 706. The van der Waals surface area contributed by atoms with Crippen LogP contribution in [-0.4, -0.2) is 41.6 Å². The van der Waals surface area contributed by atoms with E-state index >= 15 is 0 Å².